The van der Waals surface area contributed by atoms with Crippen LogP contribution in [-0.4, -0.2) is 28.7 Å². The van der Waals surface area contributed by atoms with E-state index >= 15 is 0 Å². The Morgan fingerprint density at radius 2 is 2.25 bits per heavy atom. The highest BCUT2D eigenvalue weighted by molar-refractivity contribution is 7.99. The monoisotopic (exact) mass is 415 g/mol. The van der Waals surface area contributed by atoms with Crippen LogP contribution >= 0.6 is 23.1 Å². The number of fused-ring (bicyclic) bond motifs is 3. The molecule has 1 aromatic carbocycles. The van der Waals surface area contributed by atoms with Crippen molar-refractivity contribution >= 4 is 44.9 Å². The number of para-hydroxylation sites is 2. The van der Waals surface area contributed by atoms with Crippen molar-refractivity contribution in [2.45, 2.75) is 31.3 Å². The van der Waals surface area contributed by atoms with Gasteiger partial charge in [0.1, 0.15) is 10.6 Å². The predicted molar refractivity (Wildman–Crippen MR) is 114 cm³/mol. The molecule has 28 heavy (non-hydrogen) atoms. The summed E-state index contributed by atoms with van der Waals surface area (Å²) in [5.74, 6) is 1.21. The molecule has 0 saturated heterocycles. The van der Waals surface area contributed by atoms with Crippen LogP contribution in [0.4, 0.5) is 5.69 Å². The molecular formula is C20H21N3O3S2. The quantitative estimate of drug-likeness (QED) is 0.488. The first kappa shape index (κ1) is 19.0. The smallest absolute Gasteiger partial charge is 0.260 e. The third kappa shape index (κ3) is 3.79. The first-order valence-electron chi connectivity index (χ1n) is 9.15. The number of nitrogens with zero attached hydrogens (tertiary/aromatic N) is 1. The zero-order chi connectivity index (χ0) is 19.7. The molecule has 0 bridgehead atoms. The summed E-state index contributed by atoms with van der Waals surface area (Å²) in [6, 6.07) is 7.24. The summed E-state index contributed by atoms with van der Waals surface area (Å²) < 4.78 is 5.24. The Morgan fingerprint density at radius 1 is 1.43 bits per heavy atom. The number of methoxy groups -OCH3 is 1. The van der Waals surface area contributed by atoms with E-state index in [1.807, 2.05) is 12.1 Å². The average molecular weight is 416 g/mol. The van der Waals surface area contributed by atoms with E-state index in [1.165, 1.54) is 16.6 Å². The van der Waals surface area contributed by atoms with Crippen molar-refractivity contribution in [3.05, 3.63) is 45.1 Å². The van der Waals surface area contributed by atoms with Crippen LogP contribution < -0.4 is 15.6 Å². The standard InChI is InChI=1S/C20H21N3O3S2/c1-11-7-8-12-15(9-11)28-19-17(12)18(25)22-20(23-19)27-10-16(24)21-13-5-3-4-6-14(13)26-2/h3-6,11H,7-10H2,1-2H3,(H,21,24)(H,22,23,25)/t11-/m0/s1. The van der Waals surface area contributed by atoms with Crippen molar-refractivity contribution in [1.29, 1.82) is 0 Å². The Hall–Kier alpha value is -2.32. The summed E-state index contributed by atoms with van der Waals surface area (Å²) in [6.45, 7) is 2.24. The number of carbonyl (C=O) groups excluding carboxylic acids is 1. The van der Waals surface area contributed by atoms with Gasteiger partial charge in [-0.1, -0.05) is 30.8 Å². The van der Waals surface area contributed by atoms with Gasteiger partial charge in [0.25, 0.3) is 5.56 Å². The van der Waals surface area contributed by atoms with Gasteiger partial charge in [-0.2, -0.15) is 0 Å². The number of anilines is 1. The van der Waals surface area contributed by atoms with Gasteiger partial charge in [0.15, 0.2) is 5.16 Å². The summed E-state index contributed by atoms with van der Waals surface area (Å²) >= 11 is 2.84. The summed E-state index contributed by atoms with van der Waals surface area (Å²) in [5, 5.41) is 4.03. The zero-order valence-electron chi connectivity index (χ0n) is 15.7. The van der Waals surface area contributed by atoms with Crippen molar-refractivity contribution in [2.24, 2.45) is 5.92 Å². The molecule has 0 radical (unpaired) electrons. The average Bonchev–Trinajstić information content (AvgIpc) is 3.04. The zero-order valence-corrected chi connectivity index (χ0v) is 17.3. The number of thiophene rings is 1. The largest absolute Gasteiger partial charge is 0.495 e. The SMILES string of the molecule is COc1ccccc1NC(=O)CSc1nc2sc3c(c2c(=O)[nH]1)CC[C@H](C)C3. The summed E-state index contributed by atoms with van der Waals surface area (Å²) in [6.07, 6.45) is 3.06. The number of hydrogen-bond acceptors (Lipinski definition) is 6. The predicted octanol–water partition coefficient (Wildman–Crippen LogP) is 3.85. The summed E-state index contributed by atoms with van der Waals surface area (Å²) in [5.41, 5.74) is 1.68. The lowest BCUT2D eigenvalue weighted by atomic mass is 9.89. The van der Waals surface area contributed by atoms with E-state index in [9.17, 15) is 9.59 Å². The van der Waals surface area contributed by atoms with Crippen molar-refractivity contribution < 1.29 is 9.53 Å². The molecule has 8 heteroatoms. The lowest BCUT2D eigenvalue weighted by Crippen LogP contribution is -2.16. The Kier molecular flexibility index (Phi) is 5.41. The molecule has 2 heterocycles. The van der Waals surface area contributed by atoms with E-state index in [0.29, 0.717) is 22.5 Å². The molecule has 146 valence electrons. The van der Waals surface area contributed by atoms with Gasteiger partial charge in [-0.05, 0) is 42.9 Å². The second-order valence-corrected chi connectivity index (χ2v) is 8.99. The molecule has 2 aromatic heterocycles. The molecular weight excluding hydrogens is 394 g/mol. The maximum Gasteiger partial charge on any atom is 0.260 e. The molecule has 0 spiro atoms. The Labute approximate surface area is 170 Å². The highest BCUT2D eigenvalue weighted by Gasteiger charge is 2.23. The molecule has 2 N–H and O–H groups in total. The number of aromatic nitrogens is 2. The number of H-pyrrole nitrogens is 1. The number of benzene rings is 1. The number of aryl methyl sites for hydroxylation is 1. The maximum absolute atomic E-state index is 12.6. The van der Waals surface area contributed by atoms with Gasteiger partial charge in [0.05, 0.1) is 23.9 Å². The van der Waals surface area contributed by atoms with Gasteiger partial charge in [0, 0.05) is 4.88 Å². The van der Waals surface area contributed by atoms with Crippen LogP contribution in [0, 0.1) is 5.92 Å². The van der Waals surface area contributed by atoms with Crippen molar-refractivity contribution in [3.8, 4) is 5.75 Å². The number of aromatic amines is 1. The molecule has 0 fully saturated rings. The van der Waals surface area contributed by atoms with E-state index in [1.54, 1.807) is 30.6 Å². The first-order chi connectivity index (χ1) is 13.5. The molecule has 4 rings (SSSR count). The minimum Gasteiger partial charge on any atom is -0.495 e. The molecule has 6 nitrogen and oxygen atoms in total. The fraction of sp³-hybridized carbons (Fsp3) is 0.350. The van der Waals surface area contributed by atoms with Crippen molar-refractivity contribution in [1.82, 2.24) is 9.97 Å². The minimum atomic E-state index is -0.184. The Balaban J connectivity index is 1.49. The van der Waals surface area contributed by atoms with E-state index in [2.05, 4.69) is 22.2 Å². The molecule has 1 amide bonds. The third-order valence-corrected chi connectivity index (χ3v) is 6.89. The van der Waals surface area contributed by atoms with Crippen LogP contribution in [0.3, 0.4) is 0 Å². The van der Waals surface area contributed by atoms with Crippen LogP contribution in [0.1, 0.15) is 23.8 Å². The first-order valence-corrected chi connectivity index (χ1v) is 11.0. The highest BCUT2D eigenvalue weighted by atomic mass is 32.2. The van der Waals surface area contributed by atoms with Crippen molar-refractivity contribution in [2.75, 3.05) is 18.2 Å². The number of hydrogen-bond donors (Lipinski definition) is 2. The fourth-order valence-electron chi connectivity index (χ4n) is 3.47. The van der Waals surface area contributed by atoms with Gasteiger partial charge < -0.3 is 15.0 Å². The summed E-state index contributed by atoms with van der Waals surface area (Å²) in [4.78, 5) is 34.4. The minimum absolute atomic E-state index is 0.107. The van der Waals surface area contributed by atoms with E-state index in [-0.39, 0.29) is 17.2 Å². The van der Waals surface area contributed by atoms with Gasteiger partial charge in [0.2, 0.25) is 5.91 Å². The van der Waals surface area contributed by atoms with Crippen LogP contribution in [0.5, 0.6) is 5.75 Å². The normalized spacial score (nSPS) is 16.0. The number of carbonyl (C=O) groups is 1. The maximum atomic E-state index is 12.6. The molecule has 1 atom stereocenters. The van der Waals surface area contributed by atoms with Crippen LogP contribution in [0.15, 0.2) is 34.2 Å². The molecule has 0 aliphatic heterocycles. The molecule has 1 aliphatic carbocycles. The number of nitrogens with one attached hydrogen (secondary N) is 2. The second kappa shape index (κ2) is 7.97. The molecule has 3 aromatic rings. The second-order valence-electron chi connectivity index (χ2n) is 6.94. The van der Waals surface area contributed by atoms with E-state index in [4.69, 9.17) is 4.74 Å². The van der Waals surface area contributed by atoms with Crippen LogP contribution in [-0.2, 0) is 17.6 Å². The number of rotatable bonds is 5. The lowest BCUT2D eigenvalue weighted by Gasteiger charge is -2.17. The number of ether oxygens (including phenoxy) is 1. The van der Waals surface area contributed by atoms with Gasteiger partial charge >= 0.3 is 0 Å². The van der Waals surface area contributed by atoms with Crippen LogP contribution in [0.25, 0.3) is 10.2 Å². The Morgan fingerprint density at radius 3 is 3.07 bits per heavy atom. The van der Waals surface area contributed by atoms with Gasteiger partial charge in [-0.3, -0.25) is 9.59 Å². The van der Waals surface area contributed by atoms with E-state index < -0.39 is 0 Å². The van der Waals surface area contributed by atoms with E-state index in [0.717, 1.165) is 35.0 Å². The lowest BCUT2D eigenvalue weighted by molar-refractivity contribution is -0.113. The fourth-order valence-corrected chi connectivity index (χ4v) is 5.57. The Bertz CT molecular complexity index is 1090. The number of amides is 1. The van der Waals surface area contributed by atoms with Gasteiger partial charge in [-0.15, -0.1) is 11.3 Å². The van der Waals surface area contributed by atoms with Crippen LogP contribution in [0.2, 0.25) is 0 Å². The highest BCUT2D eigenvalue weighted by Crippen LogP contribution is 2.36. The van der Waals surface area contributed by atoms with Gasteiger partial charge in [-0.25, -0.2) is 4.98 Å². The molecule has 0 unspecified atom stereocenters. The number of thioether (sulfide) groups is 1. The molecule has 0 saturated carbocycles. The summed E-state index contributed by atoms with van der Waals surface area (Å²) in [7, 11) is 1.56. The third-order valence-electron chi connectivity index (χ3n) is 4.86. The van der Waals surface area contributed by atoms with Crippen molar-refractivity contribution in [3.63, 3.8) is 0 Å². The topological polar surface area (TPSA) is 84.1 Å². The molecule has 1 aliphatic rings.